The number of nitrogens with one attached hydrogen (secondary N) is 1. The summed E-state index contributed by atoms with van der Waals surface area (Å²) in [6, 6.07) is 8.31. The van der Waals surface area contributed by atoms with E-state index in [2.05, 4.69) is 0 Å². The van der Waals surface area contributed by atoms with Crippen LogP contribution >= 0.6 is 11.6 Å². The van der Waals surface area contributed by atoms with Gasteiger partial charge in [-0.05, 0) is 32.0 Å². The number of benzene rings is 2. The van der Waals surface area contributed by atoms with Gasteiger partial charge in [-0.25, -0.2) is 4.39 Å². The van der Waals surface area contributed by atoms with Gasteiger partial charge in [0.15, 0.2) is 17.5 Å². The number of alkyl halides is 3. The van der Waals surface area contributed by atoms with Crippen LogP contribution in [-0.2, 0) is 4.79 Å². The Morgan fingerprint density at radius 1 is 1.22 bits per heavy atom. The Bertz CT molecular complexity index is 1140. The largest absolute Gasteiger partial charge is 0.511 e. The van der Waals surface area contributed by atoms with Crippen molar-refractivity contribution in [3.63, 3.8) is 0 Å². The summed E-state index contributed by atoms with van der Waals surface area (Å²) >= 11 is 5.97. The van der Waals surface area contributed by atoms with Crippen molar-refractivity contribution < 1.29 is 37.0 Å². The highest BCUT2D eigenvalue weighted by atomic mass is 35.5. The Kier molecular flexibility index (Phi) is 7.48. The van der Waals surface area contributed by atoms with E-state index in [9.17, 15) is 32.3 Å². The highest BCUT2D eigenvalue weighted by molar-refractivity contribution is 6.35. The predicted octanol–water partition coefficient (Wildman–Crippen LogP) is 5.33. The lowest BCUT2D eigenvalue weighted by Crippen LogP contribution is -2.31. The van der Waals surface area contributed by atoms with Crippen molar-refractivity contribution in [2.45, 2.75) is 26.1 Å². The molecule has 1 atom stereocenters. The van der Waals surface area contributed by atoms with Crippen molar-refractivity contribution >= 4 is 29.0 Å². The van der Waals surface area contributed by atoms with Gasteiger partial charge < -0.3 is 15.2 Å². The number of nitriles is 1. The number of halogens is 5. The van der Waals surface area contributed by atoms with Crippen LogP contribution in [0.3, 0.4) is 0 Å². The molecule has 11 heteroatoms. The number of hydrogen-bond acceptors (Lipinski definition) is 5. The molecule has 2 aromatic carbocycles. The van der Waals surface area contributed by atoms with Gasteiger partial charge in [-0.2, -0.15) is 18.4 Å². The van der Waals surface area contributed by atoms with Crippen molar-refractivity contribution in [1.29, 1.82) is 5.26 Å². The standard InChI is InChI=1S/C21H15ClF4N2O4/c1-10(29)14(9-27)20(31)28-17-8-18(32-11(2)21(24,25)26)13(7-16(17)23)19(30)12-5-3-4-6-15(12)22/h3-8,11,29H,1-2H3,(H,28,31)/b14-10-/t11-/m0/s1. The number of ketones is 1. The van der Waals surface area contributed by atoms with Gasteiger partial charge in [-0.15, -0.1) is 0 Å². The summed E-state index contributed by atoms with van der Waals surface area (Å²) in [5.41, 5.74) is -2.10. The summed E-state index contributed by atoms with van der Waals surface area (Å²) < 4.78 is 58.7. The van der Waals surface area contributed by atoms with Gasteiger partial charge in [0.05, 0.1) is 16.3 Å². The normalized spacial score (nSPS) is 12.9. The minimum atomic E-state index is -4.81. The molecular formula is C21H15ClF4N2O4. The van der Waals surface area contributed by atoms with E-state index in [4.69, 9.17) is 21.6 Å². The quantitative estimate of drug-likeness (QED) is 0.195. The first-order valence-electron chi connectivity index (χ1n) is 8.84. The third-order valence-electron chi connectivity index (χ3n) is 4.15. The molecule has 168 valence electrons. The number of aliphatic hydroxyl groups excluding tert-OH is 1. The van der Waals surface area contributed by atoms with E-state index in [1.165, 1.54) is 30.3 Å². The highest BCUT2D eigenvalue weighted by Gasteiger charge is 2.39. The van der Waals surface area contributed by atoms with Gasteiger partial charge in [0, 0.05) is 11.6 Å². The zero-order valence-corrected chi connectivity index (χ0v) is 17.3. The minimum absolute atomic E-state index is 0.0210. The van der Waals surface area contributed by atoms with E-state index in [0.717, 1.165) is 6.92 Å². The third kappa shape index (κ3) is 5.56. The number of ether oxygens (including phenoxy) is 1. The Hall–Kier alpha value is -3.58. The zero-order chi connectivity index (χ0) is 24.2. The predicted molar refractivity (Wildman–Crippen MR) is 107 cm³/mol. The molecule has 6 nitrogen and oxygen atoms in total. The van der Waals surface area contributed by atoms with E-state index in [1.807, 2.05) is 5.32 Å². The van der Waals surface area contributed by atoms with Gasteiger partial charge in [0.2, 0.25) is 0 Å². The van der Waals surface area contributed by atoms with Gasteiger partial charge in [0.1, 0.15) is 23.4 Å². The van der Waals surface area contributed by atoms with E-state index in [0.29, 0.717) is 19.1 Å². The number of nitrogens with zero attached hydrogens (tertiary/aromatic N) is 1. The second kappa shape index (κ2) is 9.70. The van der Waals surface area contributed by atoms with Crippen LogP contribution in [0, 0.1) is 17.1 Å². The number of amides is 1. The van der Waals surface area contributed by atoms with Crippen molar-refractivity contribution in [3.05, 3.63) is 69.7 Å². The number of allylic oxidation sites excluding steroid dienone is 1. The Balaban J connectivity index is 2.59. The van der Waals surface area contributed by atoms with E-state index in [-0.39, 0.29) is 10.6 Å². The first kappa shape index (κ1) is 24.7. The summed E-state index contributed by atoms with van der Waals surface area (Å²) in [5.74, 6) is -4.67. The number of aliphatic hydroxyl groups is 1. The number of carbonyl (C=O) groups is 2. The number of carbonyl (C=O) groups excluding carboxylic acids is 2. The molecule has 0 saturated heterocycles. The molecule has 0 saturated carbocycles. The topological polar surface area (TPSA) is 99.4 Å². The maximum absolute atomic E-state index is 14.7. The van der Waals surface area contributed by atoms with Crippen molar-refractivity contribution in [3.8, 4) is 11.8 Å². The maximum Gasteiger partial charge on any atom is 0.425 e. The summed E-state index contributed by atoms with van der Waals surface area (Å²) in [4.78, 5) is 25.0. The average molecular weight is 471 g/mol. The lowest BCUT2D eigenvalue weighted by Gasteiger charge is -2.20. The Morgan fingerprint density at radius 3 is 2.38 bits per heavy atom. The molecule has 0 aliphatic carbocycles. The number of hydrogen-bond donors (Lipinski definition) is 2. The van der Waals surface area contributed by atoms with E-state index >= 15 is 0 Å². The summed E-state index contributed by atoms with van der Waals surface area (Å²) in [6.07, 6.45) is -7.20. The Labute approximate surface area is 184 Å². The monoisotopic (exact) mass is 470 g/mol. The lowest BCUT2D eigenvalue weighted by molar-refractivity contribution is -0.189. The molecule has 0 bridgehead atoms. The van der Waals surface area contributed by atoms with Crippen LogP contribution in [0.4, 0.5) is 23.2 Å². The van der Waals surface area contributed by atoms with Crippen LogP contribution in [0.15, 0.2) is 47.7 Å². The molecule has 0 fully saturated rings. The first-order chi connectivity index (χ1) is 14.9. The fourth-order valence-electron chi connectivity index (χ4n) is 2.45. The highest BCUT2D eigenvalue weighted by Crippen LogP contribution is 2.33. The van der Waals surface area contributed by atoms with Crippen LogP contribution < -0.4 is 10.1 Å². The van der Waals surface area contributed by atoms with Crippen molar-refractivity contribution in [1.82, 2.24) is 0 Å². The second-order valence-electron chi connectivity index (χ2n) is 6.47. The summed E-state index contributed by atoms with van der Waals surface area (Å²) in [7, 11) is 0. The number of rotatable bonds is 6. The van der Waals surface area contributed by atoms with Crippen molar-refractivity contribution in [2.75, 3.05) is 5.32 Å². The van der Waals surface area contributed by atoms with Gasteiger partial charge in [-0.1, -0.05) is 23.7 Å². The fourth-order valence-corrected chi connectivity index (χ4v) is 2.67. The molecule has 0 spiro atoms. The van der Waals surface area contributed by atoms with Gasteiger partial charge in [0.25, 0.3) is 5.91 Å². The molecule has 2 N–H and O–H groups in total. The van der Waals surface area contributed by atoms with Gasteiger partial charge >= 0.3 is 6.18 Å². The molecule has 2 aromatic rings. The zero-order valence-electron chi connectivity index (χ0n) is 16.6. The molecule has 0 aliphatic heterocycles. The Morgan fingerprint density at radius 2 is 1.84 bits per heavy atom. The molecule has 0 unspecified atom stereocenters. The molecule has 1 amide bonds. The van der Waals surface area contributed by atoms with E-state index < -0.39 is 58.1 Å². The molecule has 0 heterocycles. The molecule has 2 rings (SSSR count). The number of anilines is 1. The molecule has 0 aromatic heterocycles. The van der Waals surface area contributed by atoms with Crippen LogP contribution in [-0.4, -0.2) is 29.1 Å². The molecule has 0 aliphatic rings. The maximum atomic E-state index is 14.7. The molecule has 0 radical (unpaired) electrons. The fraction of sp³-hybridized carbons (Fsp3) is 0.190. The summed E-state index contributed by atoms with van der Waals surface area (Å²) in [6.45, 7) is 1.72. The summed E-state index contributed by atoms with van der Waals surface area (Å²) in [5, 5.41) is 20.2. The molecule has 32 heavy (non-hydrogen) atoms. The third-order valence-corrected chi connectivity index (χ3v) is 4.48. The SMILES string of the molecule is C/C(O)=C(\C#N)C(=O)Nc1cc(O[C@@H](C)C(F)(F)F)c(C(=O)c2ccccc2Cl)cc1F. The minimum Gasteiger partial charge on any atom is -0.511 e. The van der Waals surface area contributed by atoms with Crippen LogP contribution in [0.25, 0.3) is 0 Å². The van der Waals surface area contributed by atoms with Crippen LogP contribution in [0.5, 0.6) is 5.75 Å². The molecular weight excluding hydrogens is 456 g/mol. The van der Waals surface area contributed by atoms with Crippen LogP contribution in [0.1, 0.15) is 29.8 Å². The lowest BCUT2D eigenvalue weighted by atomic mass is 10.0. The van der Waals surface area contributed by atoms with Crippen molar-refractivity contribution in [2.24, 2.45) is 0 Å². The first-order valence-corrected chi connectivity index (χ1v) is 9.22. The smallest absolute Gasteiger partial charge is 0.425 e. The second-order valence-corrected chi connectivity index (χ2v) is 6.87. The van der Waals surface area contributed by atoms with Crippen LogP contribution in [0.2, 0.25) is 5.02 Å². The average Bonchev–Trinajstić information content (AvgIpc) is 2.69. The van der Waals surface area contributed by atoms with Gasteiger partial charge in [-0.3, -0.25) is 9.59 Å². The van der Waals surface area contributed by atoms with E-state index in [1.54, 1.807) is 0 Å².